The summed E-state index contributed by atoms with van der Waals surface area (Å²) >= 11 is 0. The Labute approximate surface area is 120 Å². The largest absolute Gasteiger partial charge is 0.395 e. The highest BCUT2D eigenvalue weighted by molar-refractivity contribution is 7.89. The summed E-state index contributed by atoms with van der Waals surface area (Å²) in [7, 11) is -3.47. The van der Waals surface area contributed by atoms with E-state index in [0.717, 1.165) is 6.42 Å². The molecule has 0 aliphatic carbocycles. The number of hydrogen-bond donors (Lipinski definition) is 1. The first-order valence-electron chi connectivity index (χ1n) is 6.74. The van der Waals surface area contributed by atoms with Crippen LogP contribution in [0.25, 0.3) is 0 Å². The van der Waals surface area contributed by atoms with Gasteiger partial charge in [-0.05, 0) is 24.5 Å². The highest BCUT2D eigenvalue weighted by atomic mass is 32.2. The van der Waals surface area contributed by atoms with Gasteiger partial charge in [0.25, 0.3) is 0 Å². The average molecular weight is 293 g/mol. The lowest BCUT2D eigenvalue weighted by Gasteiger charge is -2.17. The molecular weight excluding hydrogens is 274 g/mol. The van der Waals surface area contributed by atoms with Crippen molar-refractivity contribution in [1.29, 1.82) is 0 Å². The fourth-order valence-electron chi connectivity index (χ4n) is 2.26. The lowest BCUT2D eigenvalue weighted by molar-refractivity contribution is 0.305. The molecule has 0 aromatic heterocycles. The van der Waals surface area contributed by atoms with Gasteiger partial charge >= 0.3 is 0 Å². The number of hydrogen-bond acceptors (Lipinski definition) is 3. The summed E-state index contributed by atoms with van der Waals surface area (Å²) in [6.07, 6.45) is 1.24. The van der Waals surface area contributed by atoms with Crippen LogP contribution in [0, 0.1) is 17.8 Å². The van der Waals surface area contributed by atoms with Gasteiger partial charge in [-0.2, -0.15) is 4.31 Å². The second kappa shape index (κ2) is 6.40. The number of aliphatic hydroxyl groups is 1. The van der Waals surface area contributed by atoms with Gasteiger partial charge in [0.1, 0.15) is 0 Å². The van der Waals surface area contributed by atoms with Crippen LogP contribution < -0.4 is 0 Å². The van der Waals surface area contributed by atoms with Crippen LogP contribution in [0.1, 0.15) is 25.3 Å². The summed E-state index contributed by atoms with van der Waals surface area (Å²) in [4.78, 5) is 0.263. The van der Waals surface area contributed by atoms with E-state index < -0.39 is 10.0 Å². The molecule has 1 fully saturated rings. The van der Waals surface area contributed by atoms with Crippen molar-refractivity contribution in [2.24, 2.45) is 5.92 Å². The molecule has 4 nitrogen and oxygen atoms in total. The molecule has 1 saturated heterocycles. The maximum atomic E-state index is 12.6. The van der Waals surface area contributed by atoms with Crippen molar-refractivity contribution >= 4 is 10.0 Å². The van der Waals surface area contributed by atoms with E-state index in [1.165, 1.54) is 4.31 Å². The molecule has 1 N–H and O–H groups in total. The molecule has 1 unspecified atom stereocenters. The second-order valence-corrected chi connectivity index (χ2v) is 6.93. The highest BCUT2D eigenvalue weighted by Gasteiger charge is 2.31. The first-order valence-corrected chi connectivity index (χ1v) is 8.18. The van der Waals surface area contributed by atoms with Gasteiger partial charge in [0.2, 0.25) is 10.0 Å². The SMILES string of the molecule is CC1CCN(S(=O)(=O)c2ccccc2C#CCCO)C1. The first-order chi connectivity index (χ1) is 9.55. The molecule has 1 aromatic rings. The molecule has 1 heterocycles. The van der Waals surface area contributed by atoms with Crippen molar-refractivity contribution in [2.75, 3.05) is 19.7 Å². The van der Waals surface area contributed by atoms with Crippen molar-refractivity contribution in [2.45, 2.75) is 24.7 Å². The quantitative estimate of drug-likeness (QED) is 0.858. The predicted octanol–water partition coefficient (Wildman–Crippen LogP) is 1.45. The van der Waals surface area contributed by atoms with Crippen molar-refractivity contribution in [3.8, 4) is 11.8 Å². The van der Waals surface area contributed by atoms with E-state index in [4.69, 9.17) is 5.11 Å². The third kappa shape index (κ3) is 3.21. The minimum Gasteiger partial charge on any atom is -0.395 e. The lowest BCUT2D eigenvalue weighted by atomic mass is 10.2. The van der Waals surface area contributed by atoms with Crippen LogP contribution in [0.2, 0.25) is 0 Å². The lowest BCUT2D eigenvalue weighted by Crippen LogP contribution is -2.29. The van der Waals surface area contributed by atoms with Gasteiger partial charge in [-0.3, -0.25) is 0 Å². The zero-order valence-electron chi connectivity index (χ0n) is 11.5. The average Bonchev–Trinajstić information content (AvgIpc) is 2.87. The topological polar surface area (TPSA) is 57.6 Å². The van der Waals surface area contributed by atoms with Crippen LogP contribution in [-0.4, -0.2) is 37.5 Å². The number of aliphatic hydroxyl groups excluding tert-OH is 1. The maximum Gasteiger partial charge on any atom is 0.244 e. The standard InChI is InChI=1S/C15H19NO3S/c1-13-9-10-16(12-13)20(18,19)15-8-3-2-6-14(15)7-4-5-11-17/h2-3,6,8,13,17H,5,9-12H2,1H3. The molecule has 1 aromatic carbocycles. The molecule has 0 saturated carbocycles. The summed E-state index contributed by atoms with van der Waals surface area (Å²) in [5.41, 5.74) is 0.500. The molecule has 1 aliphatic heterocycles. The highest BCUT2D eigenvalue weighted by Crippen LogP contribution is 2.25. The zero-order valence-corrected chi connectivity index (χ0v) is 12.4. The fourth-order valence-corrected chi connectivity index (χ4v) is 3.98. The van der Waals surface area contributed by atoms with Crippen LogP contribution in [0.15, 0.2) is 29.2 Å². The molecule has 108 valence electrons. The summed E-state index contributed by atoms with van der Waals surface area (Å²) in [6, 6.07) is 6.79. The van der Waals surface area contributed by atoms with Gasteiger partial charge in [-0.15, -0.1) is 0 Å². The number of sulfonamides is 1. The van der Waals surface area contributed by atoms with E-state index in [0.29, 0.717) is 31.0 Å². The zero-order chi connectivity index (χ0) is 14.6. The third-order valence-corrected chi connectivity index (χ3v) is 5.27. The summed E-state index contributed by atoms with van der Waals surface area (Å²) < 4.78 is 26.8. The molecule has 1 aliphatic rings. The predicted molar refractivity (Wildman–Crippen MR) is 77.6 cm³/mol. The van der Waals surface area contributed by atoms with E-state index in [-0.39, 0.29) is 11.5 Å². The number of nitrogens with zero attached hydrogens (tertiary/aromatic N) is 1. The van der Waals surface area contributed by atoms with Crippen LogP contribution in [0.4, 0.5) is 0 Å². The summed E-state index contributed by atoms with van der Waals surface area (Å²) in [6.45, 7) is 3.18. The summed E-state index contributed by atoms with van der Waals surface area (Å²) in [5.74, 6) is 6.02. The summed E-state index contributed by atoms with van der Waals surface area (Å²) in [5, 5.41) is 8.75. The van der Waals surface area contributed by atoms with E-state index in [1.807, 2.05) is 0 Å². The van der Waals surface area contributed by atoms with Crippen molar-refractivity contribution in [3.63, 3.8) is 0 Å². The molecule has 1 atom stereocenters. The molecule has 2 rings (SSSR count). The van der Waals surface area contributed by atoms with Gasteiger partial charge in [-0.1, -0.05) is 30.9 Å². The molecule has 0 spiro atoms. The molecular formula is C15H19NO3S. The molecule has 0 bridgehead atoms. The van der Waals surface area contributed by atoms with Crippen molar-refractivity contribution in [1.82, 2.24) is 4.31 Å². The molecule has 20 heavy (non-hydrogen) atoms. The van der Waals surface area contributed by atoms with Gasteiger partial charge in [0, 0.05) is 25.1 Å². The van der Waals surface area contributed by atoms with E-state index in [9.17, 15) is 8.42 Å². The number of benzene rings is 1. The Morgan fingerprint density at radius 3 is 2.80 bits per heavy atom. The third-order valence-electron chi connectivity index (χ3n) is 3.35. The van der Waals surface area contributed by atoms with Crippen molar-refractivity contribution < 1.29 is 13.5 Å². The van der Waals surface area contributed by atoms with E-state index in [1.54, 1.807) is 24.3 Å². The minimum absolute atomic E-state index is 0.0223. The molecule has 0 radical (unpaired) electrons. The Morgan fingerprint density at radius 1 is 1.40 bits per heavy atom. The monoisotopic (exact) mass is 293 g/mol. The van der Waals surface area contributed by atoms with Gasteiger partial charge < -0.3 is 5.11 Å². The van der Waals surface area contributed by atoms with E-state index in [2.05, 4.69) is 18.8 Å². The Kier molecular flexibility index (Phi) is 4.81. The number of rotatable bonds is 3. The van der Waals surface area contributed by atoms with Gasteiger partial charge in [0.15, 0.2) is 0 Å². The Balaban J connectivity index is 2.35. The molecule has 5 heteroatoms. The Hall–Kier alpha value is -1.35. The van der Waals surface area contributed by atoms with Gasteiger partial charge in [0.05, 0.1) is 11.5 Å². The van der Waals surface area contributed by atoms with E-state index >= 15 is 0 Å². The van der Waals surface area contributed by atoms with Crippen LogP contribution in [0.5, 0.6) is 0 Å². The van der Waals surface area contributed by atoms with Crippen LogP contribution >= 0.6 is 0 Å². The van der Waals surface area contributed by atoms with Crippen LogP contribution in [-0.2, 0) is 10.0 Å². The normalized spacial score (nSPS) is 19.6. The Morgan fingerprint density at radius 2 is 2.15 bits per heavy atom. The van der Waals surface area contributed by atoms with Crippen LogP contribution in [0.3, 0.4) is 0 Å². The Bertz CT molecular complexity index is 628. The first kappa shape index (κ1) is 15.0. The van der Waals surface area contributed by atoms with Gasteiger partial charge in [-0.25, -0.2) is 8.42 Å². The maximum absolute atomic E-state index is 12.6. The molecule has 0 amide bonds. The minimum atomic E-state index is -3.47. The smallest absolute Gasteiger partial charge is 0.244 e. The fraction of sp³-hybridized carbons (Fsp3) is 0.467. The van der Waals surface area contributed by atoms with Crippen molar-refractivity contribution in [3.05, 3.63) is 29.8 Å². The second-order valence-electron chi connectivity index (χ2n) is 5.03.